The van der Waals surface area contributed by atoms with Gasteiger partial charge in [0.2, 0.25) is 0 Å². The lowest BCUT2D eigenvalue weighted by Gasteiger charge is -2.14. The lowest BCUT2D eigenvalue weighted by molar-refractivity contribution is -0.137. The summed E-state index contributed by atoms with van der Waals surface area (Å²) in [6.45, 7) is 0. The molecule has 0 aliphatic rings. The van der Waals surface area contributed by atoms with Crippen molar-refractivity contribution in [2.75, 3.05) is 0 Å². The van der Waals surface area contributed by atoms with Gasteiger partial charge in [-0.1, -0.05) is 28.1 Å². The molecule has 1 nitrogen and oxygen atoms in total. The van der Waals surface area contributed by atoms with Crippen LogP contribution in [0, 0.1) is 5.82 Å². The van der Waals surface area contributed by atoms with Crippen molar-refractivity contribution >= 4 is 15.9 Å². The van der Waals surface area contributed by atoms with Crippen LogP contribution in [0.1, 0.15) is 22.8 Å². The Balaban J connectivity index is 2.34. The molecule has 20 heavy (non-hydrogen) atoms. The number of hydrogen-bond donors (Lipinski definition) is 1. The van der Waals surface area contributed by atoms with Crippen LogP contribution in [0.4, 0.5) is 17.6 Å². The zero-order valence-corrected chi connectivity index (χ0v) is 11.5. The van der Waals surface area contributed by atoms with E-state index < -0.39 is 23.7 Å². The molecule has 0 heterocycles. The van der Waals surface area contributed by atoms with E-state index in [0.717, 1.165) is 24.3 Å². The van der Waals surface area contributed by atoms with Crippen molar-refractivity contribution < 1.29 is 22.7 Å². The van der Waals surface area contributed by atoms with Gasteiger partial charge in [0.05, 0.1) is 5.56 Å². The van der Waals surface area contributed by atoms with Crippen molar-refractivity contribution in [1.82, 2.24) is 0 Å². The molecule has 2 aromatic carbocycles. The predicted molar refractivity (Wildman–Crippen MR) is 69.6 cm³/mol. The summed E-state index contributed by atoms with van der Waals surface area (Å²) in [4.78, 5) is 0. The van der Waals surface area contributed by atoms with Gasteiger partial charge in [-0.15, -0.1) is 0 Å². The van der Waals surface area contributed by atoms with E-state index in [1.807, 2.05) is 0 Å². The molecule has 0 saturated carbocycles. The average molecular weight is 349 g/mol. The van der Waals surface area contributed by atoms with Crippen LogP contribution in [0.3, 0.4) is 0 Å². The van der Waals surface area contributed by atoms with Crippen LogP contribution in [-0.2, 0) is 6.18 Å². The highest BCUT2D eigenvalue weighted by Crippen LogP contribution is 2.32. The fraction of sp³-hybridized carbons (Fsp3) is 0.143. The maximum atomic E-state index is 13.6. The van der Waals surface area contributed by atoms with Gasteiger partial charge in [-0.05, 0) is 35.9 Å². The minimum absolute atomic E-state index is 0.000802. The van der Waals surface area contributed by atoms with Crippen molar-refractivity contribution in [3.8, 4) is 0 Å². The summed E-state index contributed by atoms with van der Waals surface area (Å²) in [6, 6.07) is 8.01. The molecule has 2 aromatic rings. The first kappa shape index (κ1) is 15.0. The summed E-state index contributed by atoms with van der Waals surface area (Å²) < 4.78 is 51.5. The third-order valence-corrected chi connectivity index (χ3v) is 3.30. The van der Waals surface area contributed by atoms with Gasteiger partial charge < -0.3 is 5.11 Å². The molecule has 1 unspecified atom stereocenters. The molecule has 106 valence electrons. The van der Waals surface area contributed by atoms with Crippen molar-refractivity contribution in [3.63, 3.8) is 0 Å². The molecule has 0 aliphatic carbocycles. The van der Waals surface area contributed by atoms with Gasteiger partial charge in [-0.25, -0.2) is 4.39 Å². The quantitative estimate of drug-likeness (QED) is 0.780. The third kappa shape index (κ3) is 3.19. The third-order valence-electron chi connectivity index (χ3n) is 2.81. The van der Waals surface area contributed by atoms with Gasteiger partial charge >= 0.3 is 6.18 Å². The summed E-state index contributed by atoms with van der Waals surface area (Å²) in [5.41, 5.74) is -0.628. The van der Waals surface area contributed by atoms with Gasteiger partial charge in [-0.3, -0.25) is 0 Å². The molecule has 0 amide bonds. The van der Waals surface area contributed by atoms with E-state index in [4.69, 9.17) is 0 Å². The molecule has 0 aromatic heterocycles. The SMILES string of the molecule is OC(c1ccc(C(F)(F)F)cc1)c1cc(Br)ccc1F. The Labute approximate surface area is 121 Å². The lowest BCUT2D eigenvalue weighted by Crippen LogP contribution is -2.07. The Kier molecular flexibility index (Phi) is 4.15. The van der Waals surface area contributed by atoms with E-state index in [9.17, 15) is 22.7 Å². The van der Waals surface area contributed by atoms with Gasteiger partial charge in [0.15, 0.2) is 0 Å². The number of aliphatic hydroxyl groups excluding tert-OH is 1. The molecule has 6 heteroatoms. The second-order valence-corrected chi connectivity index (χ2v) is 5.10. The Morgan fingerprint density at radius 2 is 1.60 bits per heavy atom. The molecule has 0 bridgehead atoms. The Morgan fingerprint density at radius 3 is 2.15 bits per heavy atom. The molecule has 2 rings (SSSR count). The van der Waals surface area contributed by atoms with E-state index >= 15 is 0 Å². The topological polar surface area (TPSA) is 20.2 Å². The fourth-order valence-electron chi connectivity index (χ4n) is 1.76. The van der Waals surface area contributed by atoms with Crippen LogP contribution in [0.2, 0.25) is 0 Å². The molecule has 0 spiro atoms. The highest BCUT2D eigenvalue weighted by atomic mass is 79.9. The molecule has 0 radical (unpaired) electrons. The zero-order chi connectivity index (χ0) is 14.9. The van der Waals surface area contributed by atoms with Crippen molar-refractivity contribution in [1.29, 1.82) is 0 Å². The number of halogens is 5. The largest absolute Gasteiger partial charge is 0.416 e. The van der Waals surface area contributed by atoms with Crippen LogP contribution >= 0.6 is 15.9 Å². The zero-order valence-electron chi connectivity index (χ0n) is 9.96. The molecular formula is C14H9BrF4O. The van der Waals surface area contributed by atoms with E-state index in [0.29, 0.717) is 4.47 Å². The first-order chi connectivity index (χ1) is 9.29. The second-order valence-electron chi connectivity index (χ2n) is 4.19. The fourth-order valence-corrected chi connectivity index (χ4v) is 2.14. The minimum Gasteiger partial charge on any atom is -0.384 e. The summed E-state index contributed by atoms with van der Waals surface area (Å²) >= 11 is 3.15. The van der Waals surface area contributed by atoms with E-state index in [1.54, 1.807) is 0 Å². The normalized spacial score (nSPS) is 13.3. The minimum atomic E-state index is -4.44. The first-order valence-electron chi connectivity index (χ1n) is 5.59. The maximum Gasteiger partial charge on any atom is 0.416 e. The predicted octanol–water partition coefficient (Wildman–Crippen LogP) is 4.69. The van der Waals surface area contributed by atoms with Crippen LogP contribution in [0.5, 0.6) is 0 Å². The second kappa shape index (κ2) is 5.54. The molecule has 0 fully saturated rings. The summed E-state index contributed by atoms with van der Waals surface area (Å²) in [5, 5.41) is 10.0. The van der Waals surface area contributed by atoms with Crippen LogP contribution < -0.4 is 0 Å². The number of benzene rings is 2. The lowest BCUT2D eigenvalue weighted by atomic mass is 10.00. The Bertz CT molecular complexity index is 608. The van der Waals surface area contributed by atoms with Gasteiger partial charge in [0.25, 0.3) is 0 Å². The molecule has 0 saturated heterocycles. The van der Waals surface area contributed by atoms with Gasteiger partial charge in [0.1, 0.15) is 11.9 Å². The van der Waals surface area contributed by atoms with Crippen LogP contribution in [0.15, 0.2) is 46.9 Å². The maximum absolute atomic E-state index is 13.6. The average Bonchev–Trinajstić information content (AvgIpc) is 2.40. The number of alkyl halides is 3. The van der Waals surface area contributed by atoms with Crippen molar-refractivity contribution in [3.05, 3.63) is 69.4 Å². The van der Waals surface area contributed by atoms with Gasteiger partial charge in [0, 0.05) is 10.0 Å². The van der Waals surface area contributed by atoms with Crippen LogP contribution in [-0.4, -0.2) is 5.11 Å². The smallest absolute Gasteiger partial charge is 0.384 e. The Hall–Kier alpha value is -1.40. The molecule has 1 N–H and O–H groups in total. The van der Waals surface area contributed by atoms with Crippen molar-refractivity contribution in [2.45, 2.75) is 12.3 Å². The first-order valence-corrected chi connectivity index (χ1v) is 6.38. The highest BCUT2D eigenvalue weighted by molar-refractivity contribution is 9.10. The standard InChI is InChI=1S/C14H9BrF4O/c15-10-5-6-12(16)11(7-10)13(20)8-1-3-9(4-2-8)14(17,18)19/h1-7,13,20H. The number of aliphatic hydroxyl groups is 1. The van der Waals surface area contributed by atoms with E-state index in [2.05, 4.69) is 15.9 Å². The summed E-state index contributed by atoms with van der Waals surface area (Å²) in [7, 11) is 0. The molecule has 1 atom stereocenters. The molecule has 0 aliphatic heterocycles. The van der Waals surface area contributed by atoms with Gasteiger partial charge in [-0.2, -0.15) is 13.2 Å². The van der Waals surface area contributed by atoms with Crippen LogP contribution in [0.25, 0.3) is 0 Å². The van der Waals surface area contributed by atoms with Crippen molar-refractivity contribution in [2.24, 2.45) is 0 Å². The summed E-state index contributed by atoms with van der Waals surface area (Å²) in [5.74, 6) is -0.624. The monoisotopic (exact) mass is 348 g/mol. The Morgan fingerprint density at radius 1 is 1.00 bits per heavy atom. The summed E-state index contributed by atoms with van der Waals surface area (Å²) in [6.07, 6.45) is -5.76. The highest BCUT2D eigenvalue weighted by Gasteiger charge is 2.30. The van der Waals surface area contributed by atoms with E-state index in [1.165, 1.54) is 18.2 Å². The number of rotatable bonds is 2. The molecular weight excluding hydrogens is 340 g/mol. The van der Waals surface area contributed by atoms with E-state index in [-0.39, 0.29) is 11.1 Å². The number of hydrogen-bond acceptors (Lipinski definition) is 1.